The number of anilines is 1. The number of carbonyl (C=O) groups is 2. The number of amides is 2. The van der Waals surface area contributed by atoms with Crippen LogP contribution in [0.4, 0.5) is 5.69 Å². The zero-order chi connectivity index (χ0) is 17.8. The number of nitrogens with zero attached hydrogens (tertiary/aromatic N) is 1. The quantitative estimate of drug-likeness (QED) is 0.851. The molecule has 0 spiro atoms. The van der Waals surface area contributed by atoms with E-state index in [1.54, 1.807) is 6.92 Å². The largest absolute Gasteiger partial charge is 0.336 e. The second-order valence-electron chi connectivity index (χ2n) is 6.45. The topological polar surface area (TPSA) is 75.4 Å². The Morgan fingerprint density at radius 2 is 1.76 bits per heavy atom. The van der Waals surface area contributed by atoms with Gasteiger partial charge in [-0.15, -0.1) is 0 Å². The number of hydrogen-bond acceptors (Lipinski definition) is 3. The molecule has 0 bridgehead atoms. The summed E-state index contributed by atoms with van der Waals surface area (Å²) in [5.41, 5.74) is 8.52. The summed E-state index contributed by atoms with van der Waals surface area (Å²) in [5.74, 6) is -0.143. The Morgan fingerprint density at radius 1 is 1.12 bits per heavy atom. The van der Waals surface area contributed by atoms with Crippen molar-refractivity contribution >= 4 is 17.5 Å². The molecule has 5 nitrogen and oxygen atoms in total. The third kappa shape index (κ3) is 4.45. The molecule has 2 amide bonds. The van der Waals surface area contributed by atoms with Gasteiger partial charge in [-0.05, 0) is 36.1 Å². The smallest absolute Gasteiger partial charge is 0.245 e. The van der Waals surface area contributed by atoms with E-state index in [2.05, 4.69) is 5.32 Å². The first-order valence-electron chi connectivity index (χ1n) is 8.52. The third-order valence-corrected chi connectivity index (χ3v) is 4.41. The van der Waals surface area contributed by atoms with E-state index in [0.29, 0.717) is 18.3 Å². The predicted octanol–water partition coefficient (Wildman–Crippen LogP) is 2.84. The van der Waals surface area contributed by atoms with Gasteiger partial charge in [-0.3, -0.25) is 9.59 Å². The normalized spacial score (nSPS) is 14.6. The number of carbonyl (C=O) groups excluding carboxylic acids is 2. The predicted molar refractivity (Wildman–Crippen MR) is 97.7 cm³/mol. The van der Waals surface area contributed by atoms with Gasteiger partial charge in [-0.2, -0.15) is 0 Å². The second kappa shape index (κ2) is 7.49. The molecule has 3 rings (SSSR count). The molecule has 1 unspecified atom stereocenters. The molecule has 3 N–H and O–H groups in total. The molecule has 0 saturated heterocycles. The number of hydrogen-bond donors (Lipinski definition) is 2. The van der Waals surface area contributed by atoms with Gasteiger partial charge >= 0.3 is 0 Å². The molecule has 130 valence electrons. The van der Waals surface area contributed by atoms with Crippen molar-refractivity contribution in [3.63, 3.8) is 0 Å². The van der Waals surface area contributed by atoms with Crippen molar-refractivity contribution in [2.24, 2.45) is 5.73 Å². The van der Waals surface area contributed by atoms with E-state index in [0.717, 1.165) is 24.0 Å². The van der Waals surface area contributed by atoms with E-state index in [9.17, 15) is 9.59 Å². The van der Waals surface area contributed by atoms with E-state index in [4.69, 9.17) is 5.73 Å². The SMILES string of the molecule is CC(=O)N(Cc1ccc(NC(=O)C(N)c2ccccc2)cc1)C1CC1. The highest BCUT2D eigenvalue weighted by Gasteiger charge is 2.30. The van der Waals surface area contributed by atoms with Gasteiger partial charge in [0.15, 0.2) is 0 Å². The lowest BCUT2D eigenvalue weighted by Crippen LogP contribution is -2.30. The Morgan fingerprint density at radius 3 is 2.32 bits per heavy atom. The van der Waals surface area contributed by atoms with Gasteiger partial charge in [0.1, 0.15) is 6.04 Å². The molecule has 1 aliphatic rings. The van der Waals surface area contributed by atoms with Crippen molar-refractivity contribution in [2.45, 2.75) is 38.4 Å². The van der Waals surface area contributed by atoms with E-state index >= 15 is 0 Å². The molecule has 1 fully saturated rings. The van der Waals surface area contributed by atoms with Crippen molar-refractivity contribution in [3.8, 4) is 0 Å². The number of nitrogens with one attached hydrogen (secondary N) is 1. The maximum atomic E-state index is 12.3. The van der Waals surface area contributed by atoms with Crippen LogP contribution in [0.5, 0.6) is 0 Å². The second-order valence-corrected chi connectivity index (χ2v) is 6.45. The highest BCUT2D eigenvalue weighted by atomic mass is 16.2. The Hall–Kier alpha value is -2.66. The lowest BCUT2D eigenvalue weighted by atomic mass is 10.1. The van der Waals surface area contributed by atoms with Crippen LogP contribution in [0.1, 0.15) is 36.9 Å². The van der Waals surface area contributed by atoms with Gasteiger partial charge in [0.2, 0.25) is 11.8 Å². The van der Waals surface area contributed by atoms with Crippen LogP contribution >= 0.6 is 0 Å². The van der Waals surface area contributed by atoms with Crippen LogP contribution in [0.2, 0.25) is 0 Å². The molecule has 2 aromatic rings. The van der Waals surface area contributed by atoms with Crippen LogP contribution in [-0.4, -0.2) is 22.8 Å². The van der Waals surface area contributed by atoms with E-state index in [1.165, 1.54) is 0 Å². The summed E-state index contributed by atoms with van der Waals surface area (Å²) in [6.07, 6.45) is 2.18. The molecule has 5 heteroatoms. The lowest BCUT2D eigenvalue weighted by Gasteiger charge is -2.20. The fourth-order valence-corrected chi connectivity index (χ4v) is 2.81. The van der Waals surface area contributed by atoms with Crippen LogP contribution in [0.15, 0.2) is 54.6 Å². The third-order valence-electron chi connectivity index (χ3n) is 4.41. The van der Waals surface area contributed by atoms with E-state index < -0.39 is 6.04 Å². The standard InChI is InChI=1S/C20H23N3O2/c1-14(24)23(18-11-12-18)13-15-7-9-17(10-8-15)22-20(25)19(21)16-5-3-2-4-6-16/h2-10,18-19H,11-13,21H2,1H3,(H,22,25). The Kier molecular flexibility index (Phi) is 5.14. The summed E-state index contributed by atoms with van der Waals surface area (Å²) in [4.78, 5) is 25.9. The van der Waals surface area contributed by atoms with Crippen LogP contribution in [0, 0.1) is 0 Å². The number of benzene rings is 2. The molecule has 0 radical (unpaired) electrons. The minimum absolute atomic E-state index is 0.105. The maximum Gasteiger partial charge on any atom is 0.245 e. The molecule has 25 heavy (non-hydrogen) atoms. The molecule has 0 heterocycles. The van der Waals surface area contributed by atoms with E-state index in [-0.39, 0.29) is 11.8 Å². The molecule has 0 aromatic heterocycles. The minimum atomic E-state index is -0.705. The van der Waals surface area contributed by atoms with Gasteiger partial charge in [0, 0.05) is 25.2 Å². The summed E-state index contributed by atoms with van der Waals surface area (Å²) in [5, 5.41) is 2.83. The van der Waals surface area contributed by atoms with Crippen molar-refractivity contribution < 1.29 is 9.59 Å². The molecule has 2 aromatic carbocycles. The van der Waals surface area contributed by atoms with Gasteiger partial charge in [0.25, 0.3) is 0 Å². The fourth-order valence-electron chi connectivity index (χ4n) is 2.81. The lowest BCUT2D eigenvalue weighted by molar-refractivity contribution is -0.130. The van der Waals surface area contributed by atoms with Crippen molar-refractivity contribution in [1.82, 2.24) is 4.90 Å². The van der Waals surface area contributed by atoms with Crippen molar-refractivity contribution in [3.05, 3.63) is 65.7 Å². The fraction of sp³-hybridized carbons (Fsp3) is 0.300. The van der Waals surface area contributed by atoms with Crippen molar-refractivity contribution in [2.75, 3.05) is 5.32 Å². The number of nitrogens with two attached hydrogens (primary N) is 1. The number of rotatable bonds is 6. The highest BCUT2D eigenvalue weighted by molar-refractivity contribution is 5.95. The average Bonchev–Trinajstić information content (AvgIpc) is 3.45. The first kappa shape index (κ1) is 17.2. The first-order chi connectivity index (χ1) is 12.0. The monoisotopic (exact) mass is 337 g/mol. The minimum Gasteiger partial charge on any atom is -0.336 e. The van der Waals surface area contributed by atoms with Gasteiger partial charge in [0.05, 0.1) is 0 Å². The zero-order valence-corrected chi connectivity index (χ0v) is 14.3. The Labute approximate surface area is 147 Å². The molecular formula is C20H23N3O2. The van der Waals surface area contributed by atoms with Gasteiger partial charge < -0.3 is 16.0 Å². The molecule has 1 aliphatic carbocycles. The van der Waals surface area contributed by atoms with Crippen LogP contribution < -0.4 is 11.1 Å². The first-order valence-corrected chi connectivity index (χ1v) is 8.52. The molecule has 1 atom stereocenters. The van der Waals surface area contributed by atoms with Crippen molar-refractivity contribution in [1.29, 1.82) is 0 Å². The summed E-state index contributed by atoms with van der Waals surface area (Å²) in [6.45, 7) is 2.22. The Bertz CT molecular complexity index is 739. The van der Waals surface area contributed by atoms with Gasteiger partial charge in [-0.1, -0.05) is 42.5 Å². The van der Waals surface area contributed by atoms with Crippen LogP contribution in [0.25, 0.3) is 0 Å². The molecule has 0 aliphatic heterocycles. The maximum absolute atomic E-state index is 12.3. The Balaban J connectivity index is 1.60. The summed E-state index contributed by atoms with van der Waals surface area (Å²) in [6, 6.07) is 16.5. The van der Waals surface area contributed by atoms with Crippen LogP contribution in [0.3, 0.4) is 0 Å². The van der Waals surface area contributed by atoms with Gasteiger partial charge in [-0.25, -0.2) is 0 Å². The zero-order valence-electron chi connectivity index (χ0n) is 14.3. The molecular weight excluding hydrogens is 314 g/mol. The molecule has 1 saturated carbocycles. The van der Waals surface area contributed by atoms with E-state index in [1.807, 2.05) is 59.5 Å². The average molecular weight is 337 g/mol. The summed E-state index contributed by atoms with van der Waals surface area (Å²) >= 11 is 0. The summed E-state index contributed by atoms with van der Waals surface area (Å²) in [7, 11) is 0. The highest BCUT2D eigenvalue weighted by Crippen LogP contribution is 2.28. The summed E-state index contributed by atoms with van der Waals surface area (Å²) < 4.78 is 0. The van der Waals surface area contributed by atoms with Crippen LogP contribution in [-0.2, 0) is 16.1 Å².